The molecule has 0 fully saturated rings. The summed E-state index contributed by atoms with van der Waals surface area (Å²) < 4.78 is 5.44. The van der Waals surface area contributed by atoms with Crippen molar-refractivity contribution in [3.05, 3.63) is 12.2 Å². The van der Waals surface area contributed by atoms with Crippen molar-refractivity contribution in [2.45, 2.75) is 58.2 Å². The molecule has 0 spiro atoms. The second kappa shape index (κ2) is 9.26. The lowest BCUT2D eigenvalue weighted by Gasteiger charge is -2.11. The van der Waals surface area contributed by atoms with Crippen molar-refractivity contribution in [3.63, 3.8) is 0 Å². The van der Waals surface area contributed by atoms with Crippen LogP contribution in [0.2, 0.25) is 19.1 Å². The Morgan fingerprint density at radius 3 is 2.25 bits per heavy atom. The number of halogens is 1. The molecule has 0 aliphatic rings. The molecule has 0 amide bonds. The van der Waals surface area contributed by atoms with Crippen molar-refractivity contribution < 1.29 is 4.74 Å². The highest BCUT2D eigenvalue weighted by molar-refractivity contribution is 7.19. The number of hydrogen-bond donors (Lipinski definition) is 0. The van der Waals surface area contributed by atoms with Crippen LogP contribution in [0, 0.1) is 0 Å². The second-order valence-electron chi connectivity index (χ2n) is 5.25. The first-order valence-electron chi connectivity index (χ1n) is 6.33. The van der Waals surface area contributed by atoms with Gasteiger partial charge in [0, 0.05) is 6.61 Å². The lowest BCUT2D eigenvalue weighted by Crippen LogP contribution is -2.14. The van der Waals surface area contributed by atoms with Gasteiger partial charge >= 0.3 is 0 Å². The van der Waals surface area contributed by atoms with Crippen LogP contribution in [0.5, 0.6) is 0 Å². The van der Waals surface area contributed by atoms with Crippen LogP contribution in [0.25, 0.3) is 0 Å². The Morgan fingerprint density at radius 2 is 1.69 bits per heavy atom. The lowest BCUT2D eigenvalue weighted by atomic mass is 10.2. The van der Waals surface area contributed by atoms with Crippen LogP contribution >= 0.6 is 11.1 Å². The summed E-state index contributed by atoms with van der Waals surface area (Å²) in [4.78, 5) is 0. The van der Waals surface area contributed by atoms with E-state index in [-0.39, 0.29) is 0 Å². The van der Waals surface area contributed by atoms with Crippen LogP contribution < -0.4 is 0 Å². The number of rotatable bonds is 10. The smallest absolute Gasteiger partial charge is 0.150 e. The van der Waals surface area contributed by atoms with Gasteiger partial charge in [-0.15, -0.1) is 0 Å². The predicted molar refractivity (Wildman–Crippen MR) is 76.9 cm³/mol. The van der Waals surface area contributed by atoms with Gasteiger partial charge in [-0.1, -0.05) is 50.9 Å². The van der Waals surface area contributed by atoms with Crippen LogP contribution in [-0.4, -0.2) is 20.6 Å². The topological polar surface area (TPSA) is 9.23 Å². The first-order valence-corrected chi connectivity index (χ1v) is 10.5. The summed E-state index contributed by atoms with van der Waals surface area (Å²) in [5.41, 5.74) is 1.11. The third-order valence-electron chi connectivity index (χ3n) is 2.41. The average Bonchev–Trinajstić information content (AvgIpc) is 2.13. The first kappa shape index (κ1) is 16.2. The van der Waals surface area contributed by atoms with E-state index in [1.165, 1.54) is 38.1 Å². The van der Waals surface area contributed by atoms with Gasteiger partial charge < -0.3 is 4.74 Å². The standard InChI is InChI=1S/C13H27ClOSi/c1-13(2)12-15-10-8-6-5-7-9-11-16(3,4)14/h1,5-12H2,2-4H3. The number of hydrogen-bond acceptors (Lipinski definition) is 1. The zero-order valence-electron chi connectivity index (χ0n) is 11.2. The Balaban J connectivity index is 3.07. The van der Waals surface area contributed by atoms with Crippen LogP contribution in [0.15, 0.2) is 12.2 Å². The van der Waals surface area contributed by atoms with Crippen molar-refractivity contribution in [1.29, 1.82) is 0 Å². The van der Waals surface area contributed by atoms with Gasteiger partial charge in [0.2, 0.25) is 0 Å². The zero-order chi connectivity index (χ0) is 12.4. The molecule has 1 nitrogen and oxygen atoms in total. The molecule has 96 valence electrons. The maximum absolute atomic E-state index is 6.25. The molecule has 0 atom stereocenters. The number of unbranched alkanes of at least 4 members (excludes halogenated alkanes) is 4. The Kier molecular flexibility index (Phi) is 9.38. The fourth-order valence-electron chi connectivity index (χ4n) is 1.53. The van der Waals surface area contributed by atoms with Crippen molar-refractivity contribution >= 4 is 18.5 Å². The highest BCUT2D eigenvalue weighted by atomic mass is 35.6. The van der Waals surface area contributed by atoms with Crippen LogP contribution in [0.1, 0.15) is 39.0 Å². The summed E-state index contributed by atoms with van der Waals surface area (Å²) >= 11 is 6.25. The second-order valence-corrected chi connectivity index (χ2v) is 12.3. The van der Waals surface area contributed by atoms with Gasteiger partial charge in [-0.25, -0.2) is 0 Å². The normalized spacial score (nSPS) is 11.8. The molecule has 0 aromatic heterocycles. The molecule has 16 heavy (non-hydrogen) atoms. The van der Waals surface area contributed by atoms with Gasteiger partial charge in [0.15, 0.2) is 0 Å². The van der Waals surface area contributed by atoms with E-state index in [1.54, 1.807) is 0 Å². The molecular formula is C13H27ClOSi. The third kappa shape index (κ3) is 14.2. The summed E-state index contributed by atoms with van der Waals surface area (Å²) in [7, 11) is -1.31. The molecule has 3 heteroatoms. The molecule has 0 N–H and O–H groups in total. The van der Waals surface area contributed by atoms with Crippen LogP contribution in [0.4, 0.5) is 0 Å². The fraction of sp³-hybridized carbons (Fsp3) is 0.846. The highest BCUT2D eigenvalue weighted by Crippen LogP contribution is 2.18. The van der Waals surface area contributed by atoms with Gasteiger partial charge in [0.1, 0.15) is 7.38 Å². The van der Waals surface area contributed by atoms with Crippen molar-refractivity contribution in [3.8, 4) is 0 Å². The minimum absolute atomic E-state index is 0.714. The zero-order valence-corrected chi connectivity index (χ0v) is 12.9. The van der Waals surface area contributed by atoms with Gasteiger partial charge in [0.25, 0.3) is 0 Å². The molecule has 0 saturated carbocycles. The Bertz CT molecular complexity index is 187. The van der Waals surface area contributed by atoms with E-state index in [0.29, 0.717) is 6.61 Å². The third-order valence-corrected chi connectivity index (χ3v) is 4.52. The van der Waals surface area contributed by atoms with E-state index in [2.05, 4.69) is 19.7 Å². The Morgan fingerprint density at radius 1 is 1.12 bits per heavy atom. The molecule has 0 unspecified atom stereocenters. The van der Waals surface area contributed by atoms with E-state index >= 15 is 0 Å². The summed E-state index contributed by atoms with van der Waals surface area (Å²) in [5, 5.41) is 0. The Hall–Kier alpha value is 0.207. The van der Waals surface area contributed by atoms with Crippen LogP contribution in [0.3, 0.4) is 0 Å². The summed E-state index contributed by atoms with van der Waals surface area (Å²) in [6.07, 6.45) is 6.40. The van der Waals surface area contributed by atoms with E-state index < -0.39 is 7.38 Å². The fourth-order valence-corrected chi connectivity index (χ4v) is 3.02. The quantitative estimate of drug-likeness (QED) is 0.234. The Labute approximate surface area is 107 Å². The van der Waals surface area contributed by atoms with Gasteiger partial charge in [-0.3, -0.25) is 0 Å². The van der Waals surface area contributed by atoms with E-state index in [9.17, 15) is 0 Å². The molecule has 0 rings (SSSR count). The SMILES string of the molecule is C=C(C)COCCCCCCC[Si](C)(C)Cl. The minimum Gasteiger partial charge on any atom is -0.377 e. The first-order chi connectivity index (χ1) is 7.42. The van der Waals surface area contributed by atoms with Gasteiger partial charge in [0.05, 0.1) is 6.61 Å². The molecule has 0 aliphatic carbocycles. The van der Waals surface area contributed by atoms with Crippen LogP contribution in [-0.2, 0) is 4.74 Å². The largest absolute Gasteiger partial charge is 0.377 e. The summed E-state index contributed by atoms with van der Waals surface area (Å²) in [6.45, 7) is 11.8. The molecule has 0 radical (unpaired) electrons. The van der Waals surface area contributed by atoms with Crippen molar-refractivity contribution in [2.24, 2.45) is 0 Å². The summed E-state index contributed by atoms with van der Waals surface area (Å²) in [5.74, 6) is 0. The van der Waals surface area contributed by atoms with E-state index in [0.717, 1.165) is 12.2 Å². The predicted octanol–water partition coefficient (Wildman–Crippen LogP) is 4.97. The van der Waals surface area contributed by atoms with E-state index in [1.807, 2.05) is 6.92 Å². The minimum atomic E-state index is -1.31. The molecule has 0 heterocycles. The monoisotopic (exact) mass is 262 g/mol. The molecule has 0 aromatic carbocycles. The highest BCUT2D eigenvalue weighted by Gasteiger charge is 2.15. The van der Waals surface area contributed by atoms with Gasteiger partial charge in [-0.2, -0.15) is 11.1 Å². The molecule has 0 aliphatic heterocycles. The summed E-state index contributed by atoms with van der Waals surface area (Å²) in [6, 6.07) is 1.25. The molecule has 0 saturated heterocycles. The maximum Gasteiger partial charge on any atom is 0.150 e. The van der Waals surface area contributed by atoms with Gasteiger partial charge in [-0.05, 0) is 19.4 Å². The number of ether oxygens (including phenoxy) is 1. The lowest BCUT2D eigenvalue weighted by molar-refractivity contribution is 0.151. The van der Waals surface area contributed by atoms with Crippen molar-refractivity contribution in [1.82, 2.24) is 0 Å². The maximum atomic E-state index is 6.25. The van der Waals surface area contributed by atoms with Crippen molar-refractivity contribution in [2.75, 3.05) is 13.2 Å². The molecular weight excluding hydrogens is 236 g/mol. The van der Waals surface area contributed by atoms with E-state index in [4.69, 9.17) is 15.8 Å². The molecule has 0 aromatic rings. The molecule has 0 bridgehead atoms. The average molecular weight is 263 g/mol.